The Morgan fingerprint density at radius 1 is 1.18 bits per heavy atom. The summed E-state index contributed by atoms with van der Waals surface area (Å²) in [6, 6.07) is 12.0. The van der Waals surface area contributed by atoms with E-state index in [0.717, 1.165) is 5.92 Å². The van der Waals surface area contributed by atoms with E-state index in [-0.39, 0.29) is 0 Å². The molecule has 1 aromatic carbocycles. The molecule has 17 heavy (non-hydrogen) atoms. The van der Waals surface area contributed by atoms with Crippen LogP contribution in [0.2, 0.25) is 0 Å². The normalized spacial score (nSPS) is 33.6. The highest BCUT2D eigenvalue weighted by Gasteiger charge is 2.34. The lowest BCUT2D eigenvalue weighted by Gasteiger charge is -2.46. The first-order chi connectivity index (χ1) is 8.33. The van der Waals surface area contributed by atoms with Gasteiger partial charge in [0.25, 0.3) is 0 Å². The summed E-state index contributed by atoms with van der Waals surface area (Å²) in [4.78, 5) is 2.61. The Balaban J connectivity index is 1.64. The molecule has 4 rings (SSSR count). The number of nitrogens with one attached hydrogen (secondary N) is 1. The molecule has 0 amide bonds. The third-order valence-corrected chi connectivity index (χ3v) is 4.42. The van der Waals surface area contributed by atoms with E-state index in [2.05, 4.69) is 47.5 Å². The smallest absolute Gasteiger partial charge is 0.0294 e. The summed E-state index contributed by atoms with van der Waals surface area (Å²) in [5.74, 6) is 0.908. The summed E-state index contributed by atoms with van der Waals surface area (Å²) in [5, 5.41) is 3.82. The van der Waals surface area contributed by atoms with Gasteiger partial charge in [-0.3, -0.25) is 0 Å². The minimum absolute atomic E-state index is 0.474. The first-order valence-corrected chi connectivity index (χ1v) is 6.86. The van der Waals surface area contributed by atoms with Crippen LogP contribution in [0.3, 0.4) is 0 Å². The minimum Gasteiger partial charge on any atom is -0.306 e. The first kappa shape index (κ1) is 11.2. The van der Waals surface area contributed by atoms with Gasteiger partial charge in [-0.25, -0.2) is 0 Å². The van der Waals surface area contributed by atoms with Crippen LogP contribution in [0, 0.1) is 5.92 Å². The molecule has 2 nitrogen and oxygen atoms in total. The molecule has 92 valence electrons. The van der Waals surface area contributed by atoms with Crippen LogP contribution in [0.4, 0.5) is 0 Å². The Labute approximate surface area is 104 Å². The predicted octanol–water partition coefficient (Wildman–Crippen LogP) is 2.43. The molecule has 1 aromatic rings. The van der Waals surface area contributed by atoms with Gasteiger partial charge >= 0.3 is 0 Å². The Morgan fingerprint density at radius 2 is 1.88 bits per heavy atom. The van der Waals surface area contributed by atoms with Crippen molar-refractivity contribution in [3.8, 4) is 0 Å². The summed E-state index contributed by atoms with van der Waals surface area (Å²) >= 11 is 0. The van der Waals surface area contributed by atoms with Crippen molar-refractivity contribution in [2.24, 2.45) is 5.92 Å². The Morgan fingerprint density at radius 3 is 2.47 bits per heavy atom. The number of piperidine rings is 3. The molecule has 0 radical (unpaired) electrons. The van der Waals surface area contributed by atoms with Gasteiger partial charge in [0.2, 0.25) is 0 Å². The van der Waals surface area contributed by atoms with Crippen LogP contribution in [0.1, 0.15) is 31.4 Å². The van der Waals surface area contributed by atoms with Crippen LogP contribution in [0.25, 0.3) is 0 Å². The van der Waals surface area contributed by atoms with Crippen LogP contribution >= 0.6 is 0 Å². The lowest BCUT2D eigenvalue weighted by Crippen LogP contribution is -2.56. The number of rotatable bonds is 3. The Kier molecular flexibility index (Phi) is 3.17. The monoisotopic (exact) mass is 230 g/mol. The summed E-state index contributed by atoms with van der Waals surface area (Å²) < 4.78 is 0. The maximum Gasteiger partial charge on any atom is 0.0294 e. The molecule has 1 N–H and O–H groups in total. The largest absolute Gasteiger partial charge is 0.306 e. The maximum atomic E-state index is 3.82. The van der Waals surface area contributed by atoms with Gasteiger partial charge in [0.1, 0.15) is 0 Å². The third-order valence-electron chi connectivity index (χ3n) is 4.42. The molecule has 3 heterocycles. The van der Waals surface area contributed by atoms with Crippen molar-refractivity contribution in [1.29, 1.82) is 0 Å². The number of hydrogen-bond donors (Lipinski definition) is 1. The van der Waals surface area contributed by atoms with Crippen molar-refractivity contribution in [2.45, 2.75) is 31.8 Å². The van der Waals surface area contributed by atoms with Crippen LogP contribution < -0.4 is 5.32 Å². The van der Waals surface area contributed by atoms with Gasteiger partial charge in [-0.1, -0.05) is 30.3 Å². The fourth-order valence-corrected chi connectivity index (χ4v) is 3.31. The van der Waals surface area contributed by atoms with Crippen LogP contribution in [-0.2, 0) is 0 Å². The lowest BCUT2D eigenvalue weighted by atomic mass is 9.83. The second-order valence-electron chi connectivity index (χ2n) is 5.54. The molecule has 3 fully saturated rings. The third kappa shape index (κ3) is 2.38. The van der Waals surface area contributed by atoms with Crippen molar-refractivity contribution in [1.82, 2.24) is 10.2 Å². The van der Waals surface area contributed by atoms with E-state index in [0.29, 0.717) is 12.1 Å². The van der Waals surface area contributed by atoms with E-state index >= 15 is 0 Å². The van der Waals surface area contributed by atoms with E-state index in [4.69, 9.17) is 0 Å². The maximum absolute atomic E-state index is 3.82. The van der Waals surface area contributed by atoms with Crippen molar-refractivity contribution in [2.75, 3.05) is 19.6 Å². The molecule has 2 bridgehead atoms. The zero-order valence-corrected chi connectivity index (χ0v) is 10.6. The number of fused-ring (bicyclic) bond motifs is 3. The van der Waals surface area contributed by atoms with E-state index in [9.17, 15) is 0 Å². The standard InChI is InChI=1S/C15H22N2/c1-12(13-5-3-2-4-6-13)16-15-11-17-9-7-14(15)8-10-17/h2-6,12,14-16H,7-11H2,1H3/t12-,15+/m0/s1. The highest BCUT2D eigenvalue weighted by atomic mass is 15.2. The zero-order valence-electron chi connectivity index (χ0n) is 10.6. The fraction of sp³-hybridized carbons (Fsp3) is 0.600. The molecule has 3 saturated heterocycles. The molecule has 0 aromatic heterocycles. The number of hydrogen-bond acceptors (Lipinski definition) is 2. The molecule has 3 aliphatic rings. The quantitative estimate of drug-likeness (QED) is 0.858. The van der Waals surface area contributed by atoms with Crippen molar-refractivity contribution < 1.29 is 0 Å². The van der Waals surface area contributed by atoms with Gasteiger partial charge < -0.3 is 10.2 Å². The van der Waals surface area contributed by atoms with Crippen LogP contribution in [0.15, 0.2) is 30.3 Å². The molecule has 0 aliphatic carbocycles. The zero-order chi connectivity index (χ0) is 11.7. The second kappa shape index (κ2) is 4.79. The van der Waals surface area contributed by atoms with E-state index < -0.39 is 0 Å². The molecule has 0 saturated carbocycles. The fourth-order valence-electron chi connectivity index (χ4n) is 3.31. The second-order valence-corrected chi connectivity index (χ2v) is 5.54. The van der Waals surface area contributed by atoms with Gasteiger partial charge in [0, 0.05) is 18.6 Å². The predicted molar refractivity (Wildman–Crippen MR) is 70.9 cm³/mol. The van der Waals surface area contributed by atoms with Crippen LogP contribution in [0.5, 0.6) is 0 Å². The van der Waals surface area contributed by atoms with Gasteiger partial charge in [-0.2, -0.15) is 0 Å². The van der Waals surface area contributed by atoms with E-state index in [1.54, 1.807) is 0 Å². The van der Waals surface area contributed by atoms with Crippen molar-refractivity contribution in [3.05, 3.63) is 35.9 Å². The molecular formula is C15H22N2. The first-order valence-electron chi connectivity index (χ1n) is 6.86. The van der Waals surface area contributed by atoms with Gasteiger partial charge in [0.05, 0.1) is 0 Å². The summed E-state index contributed by atoms with van der Waals surface area (Å²) in [5.41, 5.74) is 1.41. The lowest BCUT2D eigenvalue weighted by molar-refractivity contribution is 0.0680. The SMILES string of the molecule is C[C@H](N[C@@H]1CN2CCC1CC2)c1ccccc1. The molecule has 2 atom stereocenters. The van der Waals surface area contributed by atoms with Gasteiger partial charge in [0.15, 0.2) is 0 Å². The molecular weight excluding hydrogens is 208 g/mol. The van der Waals surface area contributed by atoms with Crippen LogP contribution in [-0.4, -0.2) is 30.6 Å². The molecule has 3 aliphatic heterocycles. The highest BCUT2D eigenvalue weighted by Crippen LogP contribution is 2.29. The molecule has 2 heteroatoms. The van der Waals surface area contributed by atoms with E-state index in [1.165, 1.54) is 38.0 Å². The summed E-state index contributed by atoms with van der Waals surface area (Å²) in [6.07, 6.45) is 2.78. The van der Waals surface area contributed by atoms with Gasteiger partial charge in [-0.15, -0.1) is 0 Å². The van der Waals surface area contributed by atoms with Gasteiger partial charge in [-0.05, 0) is 44.3 Å². The Hall–Kier alpha value is -0.860. The molecule has 0 spiro atoms. The summed E-state index contributed by atoms with van der Waals surface area (Å²) in [6.45, 7) is 6.18. The minimum atomic E-state index is 0.474. The van der Waals surface area contributed by atoms with E-state index in [1.807, 2.05) is 0 Å². The van der Waals surface area contributed by atoms with Crippen molar-refractivity contribution >= 4 is 0 Å². The average molecular weight is 230 g/mol. The topological polar surface area (TPSA) is 15.3 Å². The Bertz CT molecular complexity index is 354. The molecule has 0 unspecified atom stereocenters. The summed E-state index contributed by atoms with van der Waals surface area (Å²) in [7, 11) is 0. The number of benzene rings is 1. The van der Waals surface area contributed by atoms with Crippen molar-refractivity contribution in [3.63, 3.8) is 0 Å². The number of nitrogens with zero attached hydrogens (tertiary/aromatic N) is 1. The highest BCUT2D eigenvalue weighted by molar-refractivity contribution is 5.18. The average Bonchev–Trinajstić information content (AvgIpc) is 2.41.